The van der Waals surface area contributed by atoms with Crippen LogP contribution in [-0.4, -0.2) is 10.2 Å². The maximum atomic E-state index is 9.76. The quantitative estimate of drug-likeness (QED) is 0.753. The molecular weight excluding hydrogens is 200 g/mol. The predicted octanol–water partition coefficient (Wildman–Crippen LogP) is 3.33. The SMILES string of the molecule is CCc1cccc(-c2cccc(O)c2O)c1. The smallest absolute Gasteiger partial charge is 0.165 e. The second kappa shape index (κ2) is 4.27. The summed E-state index contributed by atoms with van der Waals surface area (Å²) in [5.41, 5.74) is 2.79. The van der Waals surface area contributed by atoms with Crippen LogP contribution in [0.4, 0.5) is 0 Å². The van der Waals surface area contributed by atoms with Gasteiger partial charge in [0.2, 0.25) is 0 Å². The van der Waals surface area contributed by atoms with E-state index < -0.39 is 0 Å². The van der Waals surface area contributed by atoms with Crippen LogP contribution in [0.2, 0.25) is 0 Å². The van der Waals surface area contributed by atoms with Crippen LogP contribution in [0.15, 0.2) is 42.5 Å². The molecule has 16 heavy (non-hydrogen) atoms. The third kappa shape index (κ3) is 1.87. The van der Waals surface area contributed by atoms with E-state index in [1.807, 2.05) is 24.3 Å². The van der Waals surface area contributed by atoms with E-state index in [1.54, 1.807) is 12.1 Å². The normalized spacial score (nSPS) is 10.3. The van der Waals surface area contributed by atoms with Gasteiger partial charge in [0.15, 0.2) is 11.5 Å². The fourth-order valence-corrected chi connectivity index (χ4v) is 1.72. The van der Waals surface area contributed by atoms with E-state index in [0.717, 1.165) is 12.0 Å². The Morgan fingerprint density at radius 1 is 1.00 bits per heavy atom. The van der Waals surface area contributed by atoms with Gasteiger partial charge in [-0.25, -0.2) is 0 Å². The van der Waals surface area contributed by atoms with Crippen LogP contribution < -0.4 is 0 Å². The molecule has 2 rings (SSSR count). The van der Waals surface area contributed by atoms with Gasteiger partial charge in [-0.2, -0.15) is 0 Å². The summed E-state index contributed by atoms with van der Waals surface area (Å²) >= 11 is 0. The fourth-order valence-electron chi connectivity index (χ4n) is 1.72. The highest BCUT2D eigenvalue weighted by Gasteiger charge is 2.07. The number of phenols is 2. The lowest BCUT2D eigenvalue weighted by molar-refractivity contribution is 0.405. The molecule has 0 saturated carbocycles. The largest absolute Gasteiger partial charge is 0.504 e. The highest BCUT2D eigenvalue weighted by Crippen LogP contribution is 2.36. The molecule has 0 heterocycles. The summed E-state index contributed by atoms with van der Waals surface area (Å²) in [7, 11) is 0. The molecule has 0 bridgehead atoms. The zero-order valence-electron chi connectivity index (χ0n) is 9.14. The molecule has 2 aromatic carbocycles. The van der Waals surface area contributed by atoms with Gasteiger partial charge in [-0.15, -0.1) is 0 Å². The number of benzene rings is 2. The van der Waals surface area contributed by atoms with Gasteiger partial charge >= 0.3 is 0 Å². The molecule has 2 aromatic rings. The maximum Gasteiger partial charge on any atom is 0.165 e. The van der Waals surface area contributed by atoms with Crippen molar-refractivity contribution in [2.45, 2.75) is 13.3 Å². The number of aromatic hydroxyl groups is 2. The topological polar surface area (TPSA) is 40.5 Å². The molecule has 0 aliphatic rings. The summed E-state index contributed by atoms with van der Waals surface area (Å²) in [5.74, 6) is -0.143. The molecule has 0 radical (unpaired) electrons. The highest BCUT2D eigenvalue weighted by atomic mass is 16.3. The van der Waals surface area contributed by atoms with Crippen molar-refractivity contribution in [3.05, 3.63) is 48.0 Å². The molecule has 0 unspecified atom stereocenters. The number of rotatable bonds is 2. The maximum absolute atomic E-state index is 9.76. The Balaban J connectivity index is 2.54. The Bertz CT molecular complexity index is 504. The molecular formula is C14H14O2. The Labute approximate surface area is 94.8 Å². The van der Waals surface area contributed by atoms with Gasteiger partial charge in [-0.05, 0) is 23.6 Å². The number of para-hydroxylation sites is 1. The van der Waals surface area contributed by atoms with E-state index in [0.29, 0.717) is 5.56 Å². The Hall–Kier alpha value is -1.96. The Morgan fingerprint density at radius 2 is 1.75 bits per heavy atom. The minimum Gasteiger partial charge on any atom is -0.504 e. The number of hydrogen-bond donors (Lipinski definition) is 2. The van der Waals surface area contributed by atoms with Gasteiger partial charge in [0.1, 0.15) is 0 Å². The summed E-state index contributed by atoms with van der Waals surface area (Å²) < 4.78 is 0. The van der Waals surface area contributed by atoms with Gasteiger partial charge < -0.3 is 10.2 Å². The van der Waals surface area contributed by atoms with Crippen LogP contribution in [0.5, 0.6) is 11.5 Å². The van der Waals surface area contributed by atoms with Crippen molar-refractivity contribution < 1.29 is 10.2 Å². The molecule has 0 saturated heterocycles. The standard InChI is InChI=1S/C14H14O2/c1-2-10-5-3-6-11(9-10)12-7-4-8-13(15)14(12)16/h3-9,15-16H,2H2,1H3. The molecule has 82 valence electrons. The molecule has 0 atom stereocenters. The van der Waals surface area contributed by atoms with Gasteiger partial charge in [-0.1, -0.05) is 43.3 Å². The summed E-state index contributed by atoms with van der Waals surface area (Å²) in [6, 6.07) is 12.9. The van der Waals surface area contributed by atoms with Gasteiger partial charge in [0.25, 0.3) is 0 Å². The second-order valence-corrected chi connectivity index (χ2v) is 3.73. The lowest BCUT2D eigenvalue weighted by Crippen LogP contribution is -1.83. The first kappa shape index (κ1) is 10.6. The average Bonchev–Trinajstić information content (AvgIpc) is 2.33. The van der Waals surface area contributed by atoms with Gasteiger partial charge in [0, 0.05) is 5.56 Å². The molecule has 0 aromatic heterocycles. The molecule has 0 fully saturated rings. The zero-order valence-corrected chi connectivity index (χ0v) is 9.14. The highest BCUT2D eigenvalue weighted by molar-refractivity contribution is 5.73. The third-order valence-corrected chi connectivity index (χ3v) is 2.66. The summed E-state index contributed by atoms with van der Waals surface area (Å²) in [5, 5.41) is 19.2. The van der Waals surface area contributed by atoms with Crippen molar-refractivity contribution in [2.75, 3.05) is 0 Å². The van der Waals surface area contributed by atoms with Crippen molar-refractivity contribution in [1.29, 1.82) is 0 Å². The second-order valence-electron chi connectivity index (χ2n) is 3.73. The van der Waals surface area contributed by atoms with Crippen molar-refractivity contribution in [3.63, 3.8) is 0 Å². The van der Waals surface area contributed by atoms with E-state index in [-0.39, 0.29) is 11.5 Å². The van der Waals surface area contributed by atoms with Crippen LogP contribution in [0.1, 0.15) is 12.5 Å². The van der Waals surface area contributed by atoms with Crippen LogP contribution >= 0.6 is 0 Å². The number of hydrogen-bond acceptors (Lipinski definition) is 2. The first-order valence-electron chi connectivity index (χ1n) is 5.32. The van der Waals surface area contributed by atoms with E-state index in [4.69, 9.17) is 0 Å². The lowest BCUT2D eigenvalue weighted by atomic mass is 10.0. The molecule has 2 N–H and O–H groups in total. The minimum atomic E-state index is -0.0839. The molecule has 0 aliphatic carbocycles. The van der Waals surface area contributed by atoms with Crippen LogP contribution in [0.25, 0.3) is 11.1 Å². The number of aryl methyl sites for hydroxylation is 1. The van der Waals surface area contributed by atoms with Crippen molar-refractivity contribution in [2.24, 2.45) is 0 Å². The van der Waals surface area contributed by atoms with Crippen molar-refractivity contribution in [3.8, 4) is 22.6 Å². The number of phenolic OH excluding ortho intramolecular Hbond substituents is 2. The summed E-state index contributed by atoms with van der Waals surface area (Å²) in [6.45, 7) is 2.08. The molecule has 0 amide bonds. The van der Waals surface area contributed by atoms with Crippen molar-refractivity contribution >= 4 is 0 Å². The van der Waals surface area contributed by atoms with Crippen molar-refractivity contribution in [1.82, 2.24) is 0 Å². The first-order valence-corrected chi connectivity index (χ1v) is 5.32. The molecule has 0 aliphatic heterocycles. The van der Waals surface area contributed by atoms with Crippen LogP contribution in [0.3, 0.4) is 0 Å². The fraction of sp³-hybridized carbons (Fsp3) is 0.143. The molecule has 2 nitrogen and oxygen atoms in total. The summed E-state index contributed by atoms with van der Waals surface area (Å²) in [4.78, 5) is 0. The van der Waals surface area contributed by atoms with E-state index in [9.17, 15) is 10.2 Å². The zero-order chi connectivity index (χ0) is 11.5. The Morgan fingerprint density at radius 3 is 2.50 bits per heavy atom. The van der Waals surface area contributed by atoms with E-state index >= 15 is 0 Å². The van der Waals surface area contributed by atoms with E-state index in [1.165, 1.54) is 11.6 Å². The third-order valence-electron chi connectivity index (χ3n) is 2.66. The summed E-state index contributed by atoms with van der Waals surface area (Å²) in [6.07, 6.45) is 0.952. The van der Waals surface area contributed by atoms with E-state index in [2.05, 4.69) is 6.92 Å². The molecule has 0 spiro atoms. The molecule has 2 heteroatoms. The first-order chi connectivity index (χ1) is 7.72. The predicted molar refractivity (Wildman–Crippen MR) is 64.6 cm³/mol. The average molecular weight is 214 g/mol. The lowest BCUT2D eigenvalue weighted by Gasteiger charge is -2.07. The van der Waals surface area contributed by atoms with Crippen LogP contribution in [0, 0.1) is 0 Å². The van der Waals surface area contributed by atoms with Gasteiger partial charge in [0.05, 0.1) is 0 Å². The minimum absolute atomic E-state index is 0.0595. The monoisotopic (exact) mass is 214 g/mol. The Kier molecular flexibility index (Phi) is 2.82. The van der Waals surface area contributed by atoms with Crippen LogP contribution in [-0.2, 0) is 6.42 Å². The van der Waals surface area contributed by atoms with Gasteiger partial charge in [-0.3, -0.25) is 0 Å².